The highest BCUT2D eigenvalue weighted by molar-refractivity contribution is 6.42. The number of aliphatic carboxylic acids is 1. The van der Waals surface area contributed by atoms with Gasteiger partial charge in [0, 0.05) is 11.6 Å². The topological polar surface area (TPSA) is 66.8 Å². The van der Waals surface area contributed by atoms with Crippen LogP contribution < -0.4 is 4.74 Å². The number of carboxylic acid groups (broad SMARTS) is 1. The Balaban J connectivity index is 3.27. The van der Waals surface area contributed by atoms with Gasteiger partial charge in [0.15, 0.2) is 6.10 Å². The molecule has 1 aromatic carbocycles. The van der Waals surface area contributed by atoms with E-state index in [1.54, 1.807) is 0 Å². The molecule has 0 aliphatic carbocycles. The predicted molar refractivity (Wildman–Crippen MR) is 55.6 cm³/mol. The maximum absolute atomic E-state index is 10.6. The molecule has 1 atom stereocenters. The van der Waals surface area contributed by atoms with Crippen molar-refractivity contribution in [3.8, 4) is 5.75 Å². The average Bonchev–Trinajstić information content (AvgIpc) is 2.20. The van der Waals surface area contributed by atoms with Gasteiger partial charge in [0.1, 0.15) is 5.75 Å². The molecule has 0 heterocycles. The molecule has 0 amide bonds. The van der Waals surface area contributed by atoms with Crippen LogP contribution in [0.15, 0.2) is 12.1 Å². The summed E-state index contributed by atoms with van der Waals surface area (Å²) in [5, 5.41) is 18.4. The normalized spacial score (nSPS) is 12.3. The van der Waals surface area contributed by atoms with Crippen LogP contribution in [0.25, 0.3) is 0 Å². The molecule has 0 radical (unpaired) electrons. The molecule has 0 aromatic heterocycles. The first-order valence-corrected chi connectivity index (χ1v) is 4.66. The van der Waals surface area contributed by atoms with Crippen LogP contribution >= 0.6 is 23.2 Å². The van der Waals surface area contributed by atoms with Gasteiger partial charge in [-0.25, -0.2) is 4.79 Å². The summed E-state index contributed by atoms with van der Waals surface area (Å²) in [6, 6.07) is 2.62. The molecule has 0 fully saturated rings. The number of halogens is 2. The summed E-state index contributed by atoms with van der Waals surface area (Å²) in [4.78, 5) is 10.6. The van der Waals surface area contributed by atoms with Crippen LogP contribution in [0.2, 0.25) is 10.0 Å². The number of hydrogen-bond donors (Lipinski definition) is 2. The highest BCUT2D eigenvalue weighted by atomic mass is 35.5. The van der Waals surface area contributed by atoms with Crippen molar-refractivity contribution in [1.82, 2.24) is 0 Å². The van der Waals surface area contributed by atoms with Gasteiger partial charge in [-0.1, -0.05) is 23.2 Å². The third-order valence-corrected chi connectivity index (χ3v) is 2.52. The zero-order valence-electron chi connectivity index (χ0n) is 7.70. The first-order valence-electron chi connectivity index (χ1n) is 3.91. The van der Waals surface area contributed by atoms with E-state index < -0.39 is 12.1 Å². The molecule has 4 nitrogen and oxygen atoms in total. The molecule has 1 unspecified atom stereocenters. The zero-order chi connectivity index (χ0) is 11.6. The van der Waals surface area contributed by atoms with Crippen molar-refractivity contribution >= 4 is 29.2 Å². The summed E-state index contributed by atoms with van der Waals surface area (Å²) in [5.74, 6) is -1.20. The van der Waals surface area contributed by atoms with Crippen molar-refractivity contribution in [3.63, 3.8) is 0 Å². The molecule has 6 heteroatoms. The van der Waals surface area contributed by atoms with Gasteiger partial charge in [0.05, 0.1) is 17.2 Å². The first-order chi connectivity index (χ1) is 6.97. The Morgan fingerprint density at radius 2 is 1.93 bits per heavy atom. The second kappa shape index (κ2) is 4.70. The number of carboxylic acids is 1. The molecule has 1 rings (SSSR count). The fourth-order valence-corrected chi connectivity index (χ4v) is 1.39. The molecule has 0 saturated heterocycles. The van der Waals surface area contributed by atoms with Gasteiger partial charge in [0.2, 0.25) is 0 Å². The minimum Gasteiger partial charge on any atom is -0.496 e. The fraction of sp³-hybridized carbons (Fsp3) is 0.222. The number of carbonyl (C=O) groups is 1. The van der Waals surface area contributed by atoms with E-state index in [2.05, 4.69) is 0 Å². The van der Waals surface area contributed by atoms with Crippen LogP contribution in [0.4, 0.5) is 0 Å². The number of aliphatic hydroxyl groups is 1. The molecule has 15 heavy (non-hydrogen) atoms. The van der Waals surface area contributed by atoms with Gasteiger partial charge in [-0.2, -0.15) is 0 Å². The molecular formula is C9H8Cl2O4. The zero-order valence-corrected chi connectivity index (χ0v) is 9.21. The Labute approximate surface area is 96.0 Å². The van der Waals surface area contributed by atoms with Gasteiger partial charge in [-0.15, -0.1) is 0 Å². The van der Waals surface area contributed by atoms with Crippen LogP contribution in [0.1, 0.15) is 11.7 Å². The van der Waals surface area contributed by atoms with E-state index in [-0.39, 0.29) is 21.4 Å². The SMILES string of the molecule is COc1cc(Cl)c(Cl)cc1C(O)C(=O)O. The Morgan fingerprint density at radius 3 is 2.40 bits per heavy atom. The molecule has 0 spiro atoms. The summed E-state index contributed by atoms with van der Waals surface area (Å²) in [6.45, 7) is 0. The van der Waals surface area contributed by atoms with Crippen molar-refractivity contribution < 1.29 is 19.7 Å². The van der Waals surface area contributed by atoms with Crippen LogP contribution in [-0.4, -0.2) is 23.3 Å². The van der Waals surface area contributed by atoms with Gasteiger partial charge < -0.3 is 14.9 Å². The second-order valence-corrected chi connectivity index (χ2v) is 3.56. The highest BCUT2D eigenvalue weighted by Crippen LogP contribution is 2.33. The molecule has 0 aliphatic rings. The third kappa shape index (κ3) is 2.53. The number of aliphatic hydroxyl groups excluding tert-OH is 1. The summed E-state index contributed by atoms with van der Waals surface area (Å²) in [5.41, 5.74) is 0.0689. The molecular weight excluding hydrogens is 243 g/mol. The van der Waals surface area contributed by atoms with Crippen LogP contribution in [-0.2, 0) is 4.79 Å². The van der Waals surface area contributed by atoms with Crippen molar-refractivity contribution in [2.24, 2.45) is 0 Å². The maximum Gasteiger partial charge on any atom is 0.337 e. The summed E-state index contributed by atoms with van der Waals surface area (Å²) < 4.78 is 4.89. The quantitative estimate of drug-likeness (QED) is 0.863. The van der Waals surface area contributed by atoms with E-state index in [1.807, 2.05) is 0 Å². The van der Waals surface area contributed by atoms with E-state index in [1.165, 1.54) is 19.2 Å². The number of rotatable bonds is 3. The second-order valence-electron chi connectivity index (χ2n) is 2.75. The Hall–Kier alpha value is -0.970. The van der Waals surface area contributed by atoms with E-state index in [0.29, 0.717) is 0 Å². The molecule has 1 aromatic rings. The maximum atomic E-state index is 10.6. The lowest BCUT2D eigenvalue weighted by Gasteiger charge is -2.12. The lowest BCUT2D eigenvalue weighted by atomic mass is 10.1. The van der Waals surface area contributed by atoms with Crippen molar-refractivity contribution in [3.05, 3.63) is 27.7 Å². The lowest BCUT2D eigenvalue weighted by Crippen LogP contribution is -2.11. The summed E-state index contributed by atoms with van der Waals surface area (Å²) >= 11 is 11.4. The number of benzene rings is 1. The van der Waals surface area contributed by atoms with Crippen LogP contribution in [0.5, 0.6) is 5.75 Å². The van der Waals surface area contributed by atoms with Gasteiger partial charge in [0.25, 0.3) is 0 Å². The molecule has 0 aliphatic heterocycles. The molecule has 82 valence electrons. The summed E-state index contributed by atoms with van der Waals surface area (Å²) in [7, 11) is 1.34. The minimum atomic E-state index is -1.69. The van der Waals surface area contributed by atoms with E-state index >= 15 is 0 Å². The largest absolute Gasteiger partial charge is 0.496 e. The van der Waals surface area contributed by atoms with Crippen LogP contribution in [0.3, 0.4) is 0 Å². The smallest absolute Gasteiger partial charge is 0.337 e. The minimum absolute atomic E-state index is 0.0689. The van der Waals surface area contributed by atoms with E-state index in [9.17, 15) is 9.90 Å². The van der Waals surface area contributed by atoms with Gasteiger partial charge in [-0.3, -0.25) is 0 Å². The first kappa shape index (κ1) is 12.1. The van der Waals surface area contributed by atoms with Crippen molar-refractivity contribution in [1.29, 1.82) is 0 Å². The van der Waals surface area contributed by atoms with Gasteiger partial charge >= 0.3 is 5.97 Å². The average molecular weight is 251 g/mol. The Kier molecular flexibility index (Phi) is 3.79. The number of methoxy groups -OCH3 is 1. The fourth-order valence-electron chi connectivity index (χ4n) is 1.07. The summed E-state index contributed by atoms with van der Waals surface area (Å²) in [6.07, 6.45) is -1.69. The molecule has 0 saturated carbocycles. The van der Waals surface area contributed by atoms with Crippen LogP contribution in [0, 0.1) is 0 Å². The standard InChI is InChI=1S/C9H8Cl2O4/c1-15-7-3-6(11)5(10)2-4(7)8(12)9(13)14/h2-3,8,12H,1H3,(H,13,14). The van der Waals surface area contributed by atoms with Crippen molar-refractivity contribution in [2.75, 3.05) is 7.11 Å². The monoisotopic (exact) mass is 250 g/mol. The van der Waals surface area contributed by atoms with Gasteiger partial charge in [-0.05, 0) is 6.07 Å². The van der Waals surface area contributed by atoms with E-state index in [0.717, 1.165) is 0 Å². The van der Waals surface area contributed by atoms with E-state index in [4.69, 9.17) is 33.0 Å². The highest BCUT2D eigenvalue weighted by Gasteiger charge is 2.21. The third-order valence-electron chi connectivity index (χ3n) is 1.80. The number of ether oxygens (including phenoxy) is 1. The Morgan fingerprint density at radius 1 is 1.40 bits per heavy atom. The number of hydrogen-bond acceptors (Lipinski definition) is 3. The lowest BCUT2D eigenvalue weighted by molar-refractivity contribution is -0.147. The predicted octanol–water partition coefficient (Wildman–Crippen LogP) is 2.12. The molecule has 2 N–H and O–H groups in total. The molecule has 0 bridgehead atoms. The Bertz CT molecular complexity index is 392. The van der Waals surface area contributed by atoms with Crippen molar-refractivity contribution in [2.45, 2.75) is 6.10 Å².